The average molecular weight is 202 g/mol. The van der Waals surface area contributed by atoms with E-state index >= 15 is 0 Å². The van der Waals surface area contributed by atoms with Crippen LogP contribution in [0.25, 0.3) is 0 Å². The summed E-state index contributed by atoms with van der Waals surface area (Å²) in [5.74, 6) is -0.346. The Morgan fingerprint density at radius 3 is 2.57 bits per heavy atom. The molecule has 0 saturated heterocycles. The lowest BCUT2D eigenvalue weighted by Crippen LogP contribution is -2.45. The van der Waals surface area contributed by atoms with Gasteiger partial charge in [0.15, 0.2) is 0 Å². The van der Waals surface area contributed by atoms with Gasteiger partial charge in [0.2, 0.25) is 5.91 Å². The van der Waals surface area contributed by atoms with Crippen molar-refractivity contribution in [2.75, 3.05) is 13.2 Å². The van der Waals surface area contributed by atoms with Crippen molar-refractivity contribution in [1.29, 1.82) is 0 Å². The Morgan fingerprint density at radius 1 is 1.50 bits per heavy atom. The van der Waals surface area contributed by atoms with Crippen LogP contribution in [0.2, 0.25) is 0 Å². The van der Waals surface area contributed by atoms with Crippen molar-refractivity contribution in [3.8, 4) is 0 Å². The van der Waals surface area contributed by atoms with E-state index in [-0.39, 0.29) is 18.1 Å². The molecule has 0 aromatic carbocycles. The fourth-order valence-electron chi connectivity index (χ4n) is 0.939. The van der Waals surface area contributed by atoms with Crippen LogP contribution < -0.4 is 11.1 Å². The summed E-state index contributed by atoms with van der Waals surface area (Å²) in [5.41, 5.74) is 5.22. The first-order valence-electron chi connectivity index (χ1n) is 5.26. The number of hydrogen-bond acceptors (Lipinski definition) is 3. The highest BCUT2D eigenvalue weighted by Crippen LogP contribution is 1.97. The van der Waals surface area contributed by atoms with Crippen LogP contribution in [0.1, 0.15) is 33.6 Å². The van der Waals surface area contributed by atoms with Crippen molar-refractivity contribution in [2.45, 2.75) is 45.8 Å². The van der Waals surface area contributed by atoms with Gasteiger partial charge in [-0.05, 0) is 26.3 Å². The molecule has 4 nitrogen and oxygen atoms in total. The normalized spacial score (nSPS) is 15.1. The number of rotatable bonds is 8. The van der Waals surface area contributed by atoms with Crippen LogP contribution >= 0.6 is 0 Å². The highest BCUT2D eigenvalue weighted by molar-refractivity contribution is 5.79. The van der Waals surface area contributed by atoms with Crippen molar-refractivity contribution < 1.29 is 9.53 Å². The third-order valence-electron chi connectivity index (χ3n) is 2.11. The molecule has 0 fully saturated rings. The minimum Gasteiger partial charge on any atom is -0.376 e. The van der Waals surface area contributed by atoms with Gasteiger partial charge in [-0.25, -0.2) is 0 Å². The standard InChI is InChI=1S/C10H22N2O2/c1-4-6-12-9(10(11)13)7-14-8(3)5-2/h8-9,12H,4-7H2,1-3H3,(H2,11,13). The summed E-state index contributed by atoms with van der Waals surface area (Å²) in [6.07, 6.45) is 2.10. The Kier molecular flexibility index (Phi) is 7.42. The monoisotopic (exact) mass is 202 g/mol. The first-order chi connectivity index (χ1) is 6.61. The molecule has 0 aliphatic carbocycles. The van der Waals surface area contributed by atoms with Gasteiger partial charge in [0, 0.05) is 0 Å². The predicted octanol–water partition coefficient (Wildman–Crippen LogP) is 0.655. The highest BCUT2D eigenvalue weighted by atomic mass is 16.5. The molecule has 0 aliphatic rings. The van der Waals surface area contributed by atoms with Crippen LogP contribution in [0.4, 0.5) is 0 Å². The lowest BCUT2D eigenvalue weighted by atomic mass is 10.2. The van der Waals surface area contributed by atoms with Gasteiger partial charge in [0.05, 0.1) is 12.7 Å². The van der Waals surface area contributed by atoms with Gasteiger partial charge in [-0.3, -0.25) is 4.79 Å². The van der Waals surface area contributed by atoms with Gasteiger partial charge in [0.25, 0.3) is 0 Å². The van der Waals surface area contributed by atoms with Crippen molar-refractivity contribution in [1.82, 2.24) is 5.32 Å². The molecule has 0 heterocycles. The quantitative estimate of drug-likeness (QED) is 0.607. The Morgan fingerprint density at radius 2 is 2.14 bits per heavy atom. The molecule has 3 N–H and O–H groups in total. The maximum absolute atomic E-state index is 11.0. The van der Waals surface area contributed by atoms with E-state index in [2.05, 4.69) is 5.32 Å². The van der Waals surface area contributed by atoms with E-state index in [1.54, 1.807) is 0 Å². The lowest BCUT2D eigenvalue weighted by molar-refractivity contribution is -0.122. The predicted molar refractivity (Wildman–Crippen MR) is 57.0 cm³/mol. The third kappa shape index (κ3) is 5.94. The van der Waals surface area contributed by atoms with Crippen LogP contribution in [-0.2, 0) is 9.53 Å². The fraction of sp³-hybridized carbons (Fsp3) is 0.900. The molecule has 2 unspecified atom stereocenters. The van der Waals surface area contributed by atoms with Gasteiger partial charge in [-0.1, -0.05) is 13.8 Å². The molecular weight excluding hydrogens is 180 g/mol. The van der Waals surface area contributed by atoms with Crippen LogP contribution in [-0.4, -0.2) is 31.2 Å². The van der Waals surface area contributed by atoms with Crippen LogP contribution in [0.3, 0.4) is 0 Å². The molecule has 0 aromatic rings. The Labute approximate surface area is 86.2 Å². The smallest absolute Gasteiger partial charge is 0.236 e. The fourth-order valence-corrected chi connectivity index (χ4v) is 0.939. The maximum atomic E-state index is 11.0. The summed E-state index contributed by atoms with van der Waals surface area (Å²) >= 11 is 0. The summed E-state index contributed by atoms with van der Waals surface area (Å²) in [5, 5.41) is 3.05. The highest BCUT2D eigenvalue weighted by Gasteiger charge is 2.15. The molecule has 2 atom stereocenters. The molecule has 0 spiro atoms. The summed E-state index contributed by atoms with van der Waals surface area (Å²) in [7, 11) is 0. The maximum Gasteiger partial charge on any atom is 0.236 e. The summed E-state index contributed by atoms with van der Waals surface area (Å²) in [4.78, 5) is 11.0. The first kappa shape index (κ1) is 13.4. The summed E-state index contributed by atoms with van der Waals surface area (Å²) in [6, 6.07) is -0.357. The molecule has 1 amide bonds. The third-order valence-corrected chi connectivity index (χ3v) is 2.11. The number of primary amides is 1. The molecule has 0 rings (SSSR count). The number of ether oxygens (including phenoxy) is 1. The van der Waals surface area contributed by atoms with E-state index in [1.807, 2.05) is 20.8 Å². The number of carbonyl (C=O) groups is 1. The molecule has 0 saturated carbocycles. The van der Waals surface area contributed by atoms with Crippen molar-refractivity contribution >= 4 is 5.91 Å². The molecule has 14 heavy (non-hydrogen) atoms. The largest absolute Gasteiger partial charge is 0.376 e. The molecule has 0 radical (unpaired) electrons. The number of nitrogens with two attached hydrogens (primary N) is 1. The van der Waals surface area contributed by atoms with Crippen molar-refractivity contribution in [3.63, 3.8) is 0 Å². The van der Waals surface area contributed by atoms with Gasteiger partial charge in [-0.2, -0.15) is 0 Å². The second kappa shape index (κ2) is 7.76. The van der Waals surface area contributed by atoms with E-state index in [1.165, 1.54) is 0 Å². The minimum atomic E-state index is -0.357. The summed E-state index contributed by atoms with van der Waals surface area (Å²) in [6.45, 7) is 7.23. The number of hydrogen-bond donors (Lipinski definition) is 2. The average Bonchev–Trinajstić information content (AvgIpc) is 2.16. The van der Waals surface area contributed by atoms with Gasteiger partial charge in [-0.15, -0.1) is 0 Å². The molecule has 0 aromatic heterocycles. The van der Waals surface area contributed by atoms with E-state index in [9.17, 15) is 4.79 Å². The Bertz CT molecular complexity index is 162. The molecule has 0 aliphatic heterocycles. The first-order valence-corrected chi connectivity index (χ1v) is 5.26. The van der Waals surface area contributed by atoms with E-state index in [0.717, 1.165) is 19.4 Å². The van der Waals surface area contributed by atoms with E-state index in [4.69, 9.17) is 10.5 Å². The van der Waals surface area contributed by atoms with Crippen LogP contribution in [0, 0.1) is 0 Å². The van der Waals surface area contributed by atoms with E-state index in [0.29, 0.717) is 6.61 Å². The zero-order valence-corrected chi connectivity index (χ0v) is 9.38. The minimum absolute atomic E-state index is 0.181. The van der Waals surface area contributed by atoms with Gasteiger partial charge < -0.3 is 15.8 Å². The molecule has 4 heteroatoms. The van der Waals surface area contributed by atoms with Crippen LogP contribution in [0.15, 0.2) is 0 Å². The lowest BCUT2D eigenvalue weighted by Gasteiger charge is -2.17. The second-order valence-corrected chi connectivity index (χ2v) is 3.46. The SMILES string of the molecule is CCCNC(COC(C)CC)C(N)=O. The van der Waals surface area contributed by atoms with Gasteiger partial charge >= 0.3 is 0 Å². The second-order valence-electron chi connectivity index (χ2n) is 3.46. The Balaban J connectivity index is 3.79. The topological polar surface area (TPSA) is 64.3 Å². The van der Waals surface area contributed by atoms with Crippen LogP contribution in [0.5, 0.6) is 0 Å². The van der Waals surface area contributed by atoms with Crippen molar-refractivity contribution in [3.05, 3.63) is 0 Å². The number of carbonyl (C=O) groups excluding carboxylic acids is 1. The number of amides is 1. The zero-order chi connectivity index (χ0) is 11.0. The van der Waals surface area contributed by atoms with Crippen molar-refractivity contribution in [2.24, 2.45) is 5.73 Å². The van der Waals surface area contributed by atoms with Gasteiger partial charge in [0.1, 0.15) is 6.04 Å². The molecule has 84 valence electrons. The zero-order valence-electron chi connectivity index (χ0n) is 9.38. The van der Waals surface area contributed by atoms with E-state index < -0.39 is 0 Å². The molecular formula is C10H22N2O2. The Hall–Kier alpha value is -0.610. The summed E-state index contributed by atoms with van der Waals surface area (Å²) < 4.78 is 5.45. The molecule has 0 bridgehead atoms. The number of nitrogens with one attached hydrogen (secondary N) is 1.